The number of thiazole rings is 1. The van der Waals surface area contributed by atoms with E-state index in [9.17, 15) is 9.59 Å². The van der Waals surface area contributed by atoms with Crippen LogP contribution in [0.2, 0.25) is 0 Å². The summed E-state index contributed by atoms with van der Waals surface area (Å²) in [6, 6.07) is 6.34. The van der Waals surface area contributed by atoms with Crippen LogP contribution in [0, 0.1) is 26.7 Å². The van der Waals surface area contributed by atoms with Gasteiger partial charge in [0.15, 0.2) is 0 Å². The number of primary amides is 1. The van der Waals surface area contributed by atoms with E-state index in [2.05, 4.69) is 37.0 Å². The third kappa shape index (κ3) is 3.51. The number of piperidine rings is 1. The van der Waals surface area contributed by atoms with E-state index in [1.807, 2.05) is 13.8 Å². The van der Waals surface area contributed by atoms with Gasteiger partial charge >= 0.3 is 0 Å². The maximum absolute atomic E-state index is 13.1. The quantitative estimate of drug-likeness (QED) is 0.898. The third-order valence-electron chi connectivity index (χ3n) is 5.15. The van der Waals surface area contributed by atoms with Crippen molar-refractivity contribution in [2.24, 2.45) is 11.7 Å². The molecule has 1 fully saturated rings. The normalized spacial score (nSPS) is 20.2. The highest BCUT2D eigenvalue weighted by atomic mass is 32.1. The van der Waals surface area contributed by atoms with Gasteiger partial charge in [-0.1, -0.05) is 23.8 Å². The summed E-state index contributed by atoms with van der Waals surface area (Å²) >= 11 is 1.43. The minimum absolute atomic E-state index is 0.0468. The molecule has 5 nitrogen and oxygen atoms in total. The fraction of sp³-hybridized carbons (Fsp3) is 0.450. The Kier molecular flexibility index (Phi) is 5.14. The molecule has 1 saturated heterocycles. The Morgan fingerprint density at radius 2 is 1.96 bits per heavy atom. The fourth-order valence-electron chi connectivity index (χ4n) is 3.52. The van der Waals surface area contributed by atoms with Crippen LogP contribution in [-0.2, 0) is 4.79 Å². The van der Waals surface area contributed by atoms with Gasteiger partial charge < -0.3 is 10.6 Å². The van der Waals surface area contributed by atoms with Gasteiger partial charge in [0.2, 0.25) is 5.91 Å². The number of nitrogens with zero attached hydrogens (tertiary/aromatic N) is 2. The number of aryl methyl sites for hydroxylation is 3. The molecule has 2 N–H and O–H groups in total. The summed E-state index contributed by atoms with van der Waals surface area (Å²) < 4.78 is 0. The average Bonchev–Trinajstić information content (AvgIpc) is 2.96. The summed E-state index contributed by atoms with van der Waals surface area (Å²) in [6.07, 6.45) is 1.54. The predicted octanol–water partition coefficient (Wildman–Crippen LogP) is 3.46. The number of likely N-dealkylation sites (tertiary alicyclic amines) is 1. The van der Waals surface area contributed by atoms with Gasteiger partial charge in [0.05, 0.1) is 11.6 Å². The monoisotopic (exact) mass is 371 g/mol. The number of hydrogen-bond acceptors (Lipinski definition) is 4. The number of aromatic nitrogens is 1. The number of amides is 2. The van der Waals surface area contributed by atoms with E-state index >= 15 is 0 Å². The SMILES string of the molecule is Cc1ccc(-c2nc(C)c(C(=O)N3C[C@@H](C(N)=O)CC[C@H]3C)s2)c(C)c1. The summed E-state index contributed by atoms with van der Waals surface area (Å²) in [4.78, 5) is 31.8. The van der Waals surface area contributed by atoms with E-state index in [0.717, 1.165) is 34.7 Å². The molecule has 3 rings (SSSR count). The molecule has 0 saturated carbocycles. The van der Waals surface area contributed by atoms with E-state index in [-0.39, 0.29) is 23.8 Å². The molecular formula is C20H25N3O2S. The molecule has 2 atom stereocenters. The first-order valence-electron chi connectivity index (χ1n) is 8.93. The molecule has 0 spiro atoms. The van der Waals surface area contributed by atoms with Gasteiger partial charge in [-0.2, -0.15) is 0 Å². The van der Waals surface area contributed by atoms with Crippen molar-refractivity contribution in [1.29, 1.82) is 0 Å². The van der Waals surface area contributed by atoms with Crippen molar-refractivity contribution in [3.05, 3.63) is 39.9 Å². The molecule has 2 amide bonds. The molecule has 6 heteroatoms. The first-order valence-corrected chi connectivity index (χ1v) is 9.75. The third-order valence-corrected chi connectivity index (χ3v) is 6.33. The van der Waals surface area contributed by atoms with E-state index in [4.69, 9.17) is 5.73 Å². The summed E-state index contributed by atoms with van der Waals surface area (Å²) in [5, 5.41) is 0.861. The van der Waals surface area contributed by atoms with Crippen molar-refractivity contribution in [2.75, 3.05) is 6.54 Å². The summed E-state index contributed by atoms with van der Waals surface area (Å²) in [6.45, 7) is 8.41. The second kappa shape index (κ2) is 7.19. The number of carbonyl (C=O) groups excluding carboxylic acids is 2. The maximum Gasteiger partial charge on any atom is 0.266 e. The molecule has 0 unspecified atom stereocenters. The zero-order chi connectivity index (χ0) is 19.0. The lowest BCUT2D eigenvalue weighted by atomic mass is 9.93. The minimum Gasteiger partial charge on any atom is -0.369 e. The van der Waals surface area contributed by atoms with Crippen LogP contribution in [0.3, 0.4) is 0 Å². The Bertz CT molecular complexity index is 859. The first-order chi connectivity index (χ1) is 12.3. The van der Waals surface area contributed by atoms with Crippen LogP contribution in [0.4, 0.5) is 0 Å². The summed E-state index contributed by atoms with van der Waals surface area (Å²) in [5.41, 5.74) is 9.62. The predicted molar refractivity (Wildman–Crippen MR) is 104 cm³/mol. The first kappa shape index (κ1) is 18.6. The molecule has 1 aliphatic rings. The van der Waals surface area contributed by atoms with Gasteiger partial charge in [-0.25, -0.2) is 4.98 Å². The lowest BCUT2D eigenvalue weighted by Crippen LogP contribution is -2.48. The lowest BCUT2D eigenvalue weighted by molar-refractivity contribution is -0.123. The second-order valence-corrected chi connectivity index (χ2v) is 8.23. The highest BCUT2D eigenvalue weighted by molar-refractivity contribution is 7.17. The highest BCUT2D eigenvalue weighted by Crippen LogP contribution is 2.33. The van der Waals surface area contributed by atoms with E-state index in [1.165, 1.54) is 16.9 Å². The van der Waals surface area contributed by atoms with Crippen molar-refractivity contribution in [3.63, 3.8) is 0 Å². The van der Waals surface area contributed by atoms with Gasteiger partial charge in [-0.05, 0) is 46.1 Å². The van der Waals surface area contributed by atoms with Crippen molar-refractivity contribution in [1.82, 2.24) is 9.88 Å². The van der Waals surface area contributed by atoms with Crippen molar-refractivity contribution in [3.8, 4) is 10.6 Å². The molecule has 1 aromatic heterocycles. The average molecular weight is 372 g/mol. The maximum atomic E-state index is 13.1. The number of nitrogens with two attached hydrogens (primary N) is 1. The summed E-state index contributed by atoms with van der Waals surface area (Å²) in [7, 11) is 0. The van der Waals surface area contributed by atoms with Gasteiger partial charge in [0.1, 0.15) is 9.88 Å². The van der Waals surface area contributed by atoms with Gasteiger partial charge in [0, 0.05) is 18.2 Å². The molecule has 2 aromatic rings. The van der Waals surface area contributed by atoms with Crippen LogP contribution in [0.5, 0.6) is 0 Å². The molecule has 1 aromatic carbocycles. The molecule has 0 radical (unpaired) electrons. The number of carbonyl (C=O) groups is 2. The van der Waals surface area contributed by atoms with Crippen LogP contribution >= 0.6 is 11.3 Å². The fourth-order valence-corrected chi connectivity index (χ4v) is 4.63. The number of benzene rings is 1. The Morgan fingerprint density at radius 3 is 2.62 bits per heavy atom. The topological polar surface area (TPSA) is 76.3 Å². The molecule has 1 aliphatic heterocycles. The Labute approximate surface area is 158 Å². The van der Waals surface area contributed by atoms with Crippen molar-refractivity contribution < 1.29 is 9.59 Å². The number of hydrogen-bond donors (Lipinski definition) is 1. The summed E-state index contributed by atoms with van der Waals surface area (Å²) in [5.74, 6) is -0.636. The Morgan fingerprint density at radius 1 is 1.23 bits per heavy atom. The van der Waals surface area contributed by atoms with Crippen LogP contribution in [-0.4, -0.2) is 34.3 Å². The molecular weight excluding hydrogens is 346 g/mol. The largest absolute Gasteiger partial charge is 0.369 e. The van der Waals surface area contributed by atoms with Crippen LogP contribution < -0.4 is 5.73 Å². The van der Waals surface area contributed by atoms with Crippen LogP contribution in [0.25, 0.3) is 10.6 Å². The standard InChI is InChI=1S/C20H25N3O2S/c1-11-5-8-16(12(2)9-11)19-22-14(4)17(26-19)20(25)23-10-15(18(21)24)7-6-13(23)3/h5,8-9,13,15H,6-7,10H2,1-4H3,(H2,21,24)/t13-,15+/m1/s1. The lowest BCUT2D eigenvalue weighted by Gasteiger charge is -2.36. The zero-order valence-corrected chi connectivity index (χ0v) is 16.5. The minimum atomic E-state index is -0.327. The van der Waals surface area contributed by atoms with Crippen LogP contribution in [0.15, 0.2) is 18.2 Å². The van der Waals surface area contributed by atoms with Gasteiger partial charge in [-0.15, -0.1) is 11.3 Å². The van der Waals surface area contributed by atoms with E-state index in [1.54, 1.807) is 4.90 Å². The van der Waals surface area contributed by atoms with Gasteiger partial charge in [0.25, 0.3) is 5.91 Å². The van der Waals surface area contributed by atoms with Crippen molar-refractivity contribution >= 4 is 23.2 Å². The van der Waals surface area contributed by atoms with Crippen molar-refractivity contribution in [2.45, 2.75) is 46.6 Å². The van der Waals surface area contributed by atoms with E-state index < -0.39 is 0 Å². The Balaban J connectivity index is 1.90. The smallest absolute Gasteiger partial charge is 0.266 e. The van der Waals surface area contributed by atoms with E-state index in [0.29, 0.717) is 11.4 Å². The molecule has 26 heavy (non-hydrogen) atoms. The zero-order valence-electron chi connectivity index (χ0n) is 15.7. The second-order valence-electron chi connectivity index (χ2n) is 7.24. The van der Waals surface area contributed by atoms with Crippen LogP contribution in [0.1, 0.15) is 46.3 Å². The molecule has 0 aliphatic carbocycles. The molecule has 2 heterocycles. The molecule has 138 valence electrons. The van der Waals surface area contributed by atoms with Gasteiger partial charge in [-0.3, -0.25) is 9.59 Å². The molecule has 0 bridgehead atoms. The number of rotatable bonds is 3. The Hall–Kier alpha value is -2.21. The highest BCUT2D eigenvalue weighted by Gasteiger charge is 2.33.